The third kappa shape index (κ3) is 3.81. The molecule has 0 bridgehead atoms. The van der Waals surface area contributed by atoms with Gasteiger partial charge in [0.25, 0.3) is 5.22 Å². The predicted molar refractivity (Wildman–Crippen MR) is 99.5 cm³/mol. The second-order valence-corrected chi connectivity index (χ2v) is 6.69. The van der Waals surface area contributed by atoms with Crippen LogP contribution in [0, 0.1) is 0 Å². The number of hydrogen-bond donors (Lipinski definition) is 1. The first-order valence-electron chi connectivity index (χ1n) is 8.21. The van der Waals surface area contributed by atoms with Gasteiger partial charge in [-0.15, -0.1) is 10.2 Å². The molecule has 1 aliphatic rings. The maximum Gasteiger partial charge on any atom is 0.277 e. The number of aromatic nitrogens is 3. The average Bonchev–Trinajstić information content (AvgIpc) is 3.35. The highest BCUT2D eigenvalue weighted by Gasteiger charge is 2.20. The molecule has 0 unspecified atom stereocenters. The molecule has 142 valence electrons. The maximum atomic E-state index is 12.3. The number of nitrogens with zero attached hydrogens (tertiary/aromatic N) is 3. The average molecular weight is 398 g/mol. The molecule has 4 rings (SSSR count). The summed E-state index contributed by atoms with van der Waals surface area (Å²) >= 11 is 1.09. The number of thioether (sulfide) groups is 1. The van der Waals surface area contributed by atoms with Crippen molar-refractivity contribution in [3.8, 4) is 23.0 Å². The van der Waals surface area contributed by atoms with Crippen LogP contribution in [-0.2, 0) is 4.79 Å². The Balaban J connectivity index is 1.42. The Bertz CT molecular complexity index is 1040. The highest BCUT2D eigenvalue weighted by molar-refractivity contribution is 7.99. The van der Waals surface area contributed by atoms with Gasteiger partial charge in [0.1, 0.15) is 0 Å². The van der Waals surface area contributed by atoms with Crippen LogP contribution in [-0.4, -0.2) is 39.4 Å². The summed E-state index contributed by atoms with van der Waals surface area (Å²) < 4.78 is 16.1. The molecule has 1 amide bonds. The minimum atomic E-state index is -0.326. The van der Waals surface area contributed by atoms with E-state index in [-0.39, 0.29) is 29.5 Å². The molecule has 3 heterocycles. The van der Waals surface area contributed by atoms with E-state index in [4.69, 9.17) is 13.9 Å². The van der Waals surface area contributed by atoms with E-state index in [1.165, 1.54) is 6.92 Å². The fraction of sp³-hybridized carbons (Fsp3) is 0.167. The molecule has 0 radical (unpaired) electrons. The summed E-state index contributed by atoms with van der Waals surface area (Å²) in [4.78, 5) is 28.2. The predicted octanol–water partition coefficient (Wildman–Crippen LogP) is 2.79. The number of anilines is 1. The Labute approximate surface area is 163 Å². The van der Waals surface area contributed by atoms with Gasteiger partial charge in [0.05, 0.1) is 17.0 Å². The van der Waals surface area contributed by atoms with Crippen LogP contribution in [0.2, 0.25) is 0 Å². The number of ether oxygens (including phenoxy) is 2. The number of Topliss-reactive ketones (excluding diaryl/α,β-unsaturated/α-hetero) is 1. The zero-order chi connectivity index (χ0) is 19.5. The summed E-state index contributed by atoms with van der Waals surface area (Å²) in [6.07, 6.45) is 3.25. The molecule has 10 heteroatoms. The van der Waals surface area contributed by atoms with E-state index in [1.807, 2.05) is 0 Å². The van der Waals surface area contributed by atoms with E-state index >= 15 is 0 Å². The zero-order valence-corrected chi connectivity index (χ0v) is 15.5. The third-order valence-corrected chi connectivity index (χ3v) is 4.63. The Hall–Kier alpha value is -3.40. The number of ketones is 1. The van der Waals surface area contributed by atoms with E-state index in [0.717, 1.165) is 11.8 Å². The summed E-state index contributed by atoms with van der Waals surface area (Å²) in [5.41, 5.74) is 1.40. The Morgan fingerprint density at radius 1 is 1.21 bits per heavy atom. The summed E-state index contributed by atoms with van der Waals surface area (Å²) in [5, 5.41) is 10.8. The standard InChI is InChI=1S/C18H14N4O5S/c1-10(23)12-5-14-15(26-9-25-14)6-13(12)20-16(24)8-28-18-22-21-17(27-18)11-3-2-4-19-7-11/h2-7H,8-9H2,1H3,(H,20,24). The molecule has 0 saturated heterocycles. The van der Waals surface area contributed by atoms with Crippen molar-refractivity contribution in [1.82, 2.24) is 15.2 Å². The van der Waals surface area contributed by atoms with Crippen molar-refractivity contribution in [2.24, 2.45) is 0 Å². The lowest BCUT2D eigenvalue weighted by Crippen LogP contribution is -2.16. The molecule has 0 aliphatic carbocycles. The molecular formula is C18H14N4O5S. The van der Waals surface area contributed by atoms with Crippen LogP contribution in [0.4, 0.5) is 5.69 Å². The second kappa shape index (κ2) is 7.69. The molecule has 9 nitrogen and oxygen atoms in total. The van der Waals surface area contributed by atoms with Crippen LogP contribution in [0.5, 0.6) is 11.5 Å². The third-order valence-electron chi connectivity index (χ3n) is 3.81. The van der Waals surface area contributed by atoms with Crippen LogP contribution in [0.1, 0.15) is 17.3 Å². The number of amides is 1. The zero-order valence-electron chi connectivity index (χ0n) is 14.7. The van der Waals surface area contributed by atoms with Gasteiger partial charge < -0.3 is 19.2 Å². The number of rotatable bonds is 6. The normalized spacial score (nSPS) is 12.0. The van der Waals surface area contributed by atoms with E-state index < -0.39 is 0 Å². The van der Waals surface area contributed by atoms with Gasteiger partial charge in [-0.25, -0.2) is 0 Å². The lowest BCUT2D eigenvalue weighted by atomic mass is 10.1. The number of carbonyl (C=O) groups is 2. The highest BCUT2D eigenvalue weighted by atomic mass is 32.2. The van der Waals surface area contributed by atoms with Crippen molar-refractivity contribution in [2.75, 3.05) is 17.9 Å². The molecule has 28 heavy (non-hydrogen) atoms. The van der Waals surface area contributed by atoms with Gasteiger partial charge in [-0.2, -0.15) is 0 Å². The Morgan fingerprint density at radius 2 is 2.04 bits per heavy atom. The lowest BCUT2D eigenvalue weighted by molar-refractivity contribution is -0.113. The molecule has 3 aromatic rings. The smallest absolute Gasteiger partial charge is 0.277 e. The minimum absolute atomic E-state index is 0.0282. The number of benzene rings is 1. The van der Waals surface area contributed by atoms with Gasteiger partial charge in [0, 0.05) is 24.0 Å². The number of carbonyl (C=O) groups excluding carboxylic acids is 2. The fourth-order valence-corrected chi connectivity index (χ4v) is 3.09. The Morgan fingerprint density at radius 3 is 2.79 bits per heavy atom. The van der Waals surface area contributed by atoms with Crippen molar-refractivity contribution < 1.29 is 23.5 Å². The first-order valence-corrected chi connectivity index (χ1v) is 9.20. The minimum Gasteiger partial charge on any atom is -0.454 e. The first kappa shape index (κ1) is 18.0. The van der Waals surface area contributed by atoms with E-state index in [1.54, 1.807) is 36.7 Å². The van der Waals surface area contributed by atoms with E-state index in [9.17, 15) is 9.59 Å². The molecule has 2 aromatic heterocycles. The largest absolute Gasteiger partial charge is 0.454 e. The molecule has 0 atom stereocenters. The van der Waals surface area contributed by atoms with E-state index in [2.05, 4.69) is 20.5 Å². The molecule has 1 N–H and O–H groups in total. The van der Waals surface area contributed by atoms with Crippen LogP contribution in [0.3, 0.4) is 0 Å². The number of fused-ring (bicyclic) bond motifs is 1. The van der Waals surface area contributed by atoms with Gasteiger partial charge in [0.2, 0.25) is 18.6 Å². The SMILES string of the molecule is CC(=O)c1cc2c(cc1NC(=O)CSc1nnc(-c3cccnc3)o1)OCO2. The molecule has 0 fully saturated rings. The summed E-state index contributed by atoms with van der Waals surface area (Å²) in [6, 6.07) is 6.70. The van der Waals surface area contributed by atoms with Crippen LogP contribution >= 0.6 is 11.8 Å². The first-order chi connectivity index (χ1) is 13.6. The van der Waals surface area contributed by atoms with Crippen LogP contribution < -0.4 is 14.8 Å². The van der Waals surface area contributed by atoms with Gasteiger partial charge >= 0.3 is 0 Å². The molecule has 1 aromatic carbocycles. The number of hydrogen-bond acceptors (Lipinski definition) is 9. The monoisotopic (exact) mass is 398 g/mol. The van der Waals surface area contributed by atoms with Crippen LogP contribution in [0.15, 0.2) is 46.3 Å². The summed E-state index contributed by atoms with van der Waals surface area (Å²) in [7, 11) is 0. The molecular weight excluding hydrogens is 384 g/mol. The maximum absolute atomic E-state index is 12.3. The quantitative estimate of drug-likeness (QED) is 0.494. The van der Waals surface area contributed by atoms with Crippen molar-refractivity contribution in [3.63, 3.8) is 0 Å². The lowest BCUT2D eigenvalue weighted by Gasteiger charge is -2.10. The highest BCUT2D eigenvalue weighted by Crippen LogP contribution is 2.37. The van der Waals surface area contributed by atoms with Crippen molar-refractivity contribution in [1.29, 1.82) is 0 Å². The topological polar surface area (TPSA) is 116 Å². The molecule has 0 spiro atoms. The van der Waals surface area contributed by atoms with E-state index in [0.29, 0.717) is 34.2 Å². The molecule has 0 saturated carbocycles. The van der Waals surface area contributed by atoms with Crippen molar-refractivity contribution in [3.05, 3.63) is 42.2 Å². The number of nitrogens with one attached hydrogen (secondary N) is 1. The van der Waals surface area contributed by atoms with Crippen molar-refractivity contribution >= 4 is 29.1 Å². The van der Waals surface area contributed by atoms with Gasteiger partial charge in [-0.3, -0.25) is 14.6 Å². The van der Waals surface area contributed by atoms with Gasteiger partial charge in [-0.05, 0) is 25.1 Å². The summed E-state index contributed by atoms with van der Waals surface area (Å²) in [5.74, 6) is 0.787. The van der Waals surface area contributed by atoms with Crippen LogP contribution in [0.25, 0.3) is 11.5 Å². The second-order valence-electron chi connectivity index (χ2n) is 5.76. The van der Waals surface area contributed by atoms with Gasteiger partial charge in [-0.1, -0.05) is 11.8 Å². The fourth-order valence-electron chi connectivity index (χ4n) is 2.52. The van der Waals surface area contributed by atoms with Gasteiger partial charge in [0.15, 0.2) is 17.3 Å². The van der Waals surface area contributed by atoms with Crippen molar-refractivity contribution in [2.45, 2.75) is 12.1 Å². The molecule has 1 aliphatic heterocycles. The summed E-state index contributed by atoms with van der Waals surface area (Å²) in [6.45, 7) is 1.50. The Kier molecular flexibility index (Phi) is 4.94. The number of pyridine rings is 1.